The average Bonchev–Trinajstić information content (AvgIpc) is 2.71. The largest absolute Gasteiger partial charge is 0.381 e. The summed E-state index contributed by atoms with van der Waals surface area (Å²) in [6.45, 7) is 6.36. The van der Waals surface area contributed by atoms with E-state index in [0.29, 0.717) is 12.5 Å². The lowest BCUT2D eigenvalue weighted by molar-refractivity contribution is 0.0653. The van der Waals surface area contributed by atoms with Crippen molar-refractivity contribution < 1.29 is 9.57 Å². The normalized spacial score (nSPS) is 29.5. The summed E-state index contributed by atoms with van der Waals surface area (Å²) in [4.78, 5) is 5.39. The molecule has 0 radical (unpaired) electrons. The van der Waals surface area contributed by atoms with Crippen LogP contribution >= 0.6 is 0 Å². The first kappa shape index (κ1) is 11.6. The molecule has 0 aromatic heterocycles. The van der Waals surface area contributed by atoms with Gasteiger partial charge >= 0.3 is 0 Å². The maximum atomic E-state index is 5.51. The van der Waals surface area contributed by atoms with Gasteiger partial charge in [0.25, 0.3) is 0 Å². The molecule has 1 aliphatic rings. The molecule has 2 atom stereocenters. The predicted octanol–water partition coefficient (Wildman–Crippen LogP) is 2.09. The number of benzene rings is 1. The number of nitrogens with one attached hydrogen (secondary N) is 1. The number of hydrogen-bond donors (Lipinski definition) is 1. The van der Waals surface area contributed by atoms with E-state index in [2.05, 4.69) is 36.7 Å². The average molecular weight is 221 g/mol. The highest BCUT2D eigenvalue weighted by Crippen LogP contribution is 2.33. The second-order valence-electron chi connectivity index (χ2n) is 4.34. The zero-order valence-corrected chi connectivity index (χ0v) is 9.90. The van der Waals surface area contributed by atoms with Crippen LogP contribution in [0, 0.1) is 5.92 Å². The van der Waals surface area contributed by atoms with E-state index in [0.717, 1.165) is 13.2 Å². The standard InChI is InChI=1S/C13H19NO2/c1-3-15-9-12-10-16-14-13(12,2)11-7-5-4-6-8-11/h4-8,12,14H,3,9-10H2,1-2H3/t12-,13+/m0/s1. The van der Waals surface area contributed by atoms with Gasteiger partial charge in [0.05, 0.1) is 18.8 Å². The van der Waals surface area contributed by atoms with Crippen molar-refractivity contribution in [2.45, 2.75) is 19.4 Å². The van der Waals surface area contributed by atoms with E-state index in [9.17, 15) is 0 Å². The molecule has 0 spiro atoms. The Hall–Kier alpha value is -0.900. The van der Waals surface area contributed by atoms with Gasteiger partial charge in [0.15, 0.2) is 0 Å². The van der Waals surface area contributed by atoms with Crippen LogP contribution in [0.5, 0.6) is 0 Å². The highest BCUT2D eigenvalue weighted by atomic mass is 16.7. The molecule has 1 heterocycles. The van der Waals surface area contributed by atoms with Crippen LogP contribution in [0.2, 0.25) is 0 Å². The molecule has 1 fully saturated rings. The Kier molecular flexibility index (Phi) is 3.59. The molecule has 2 rings (SSSR count). The fourth-order valence-corrected chi connectivity index (χ4v) is 2.10. The fourth-order valence-electron chi connectivity index (χ4n) is 2.10. The van der Waals surface area contributed by atoms with Crippen molar-refractivity contribution in [3.8, 4) is 0 Å². The van der Waals surface area contributed by atoms with Crippen LogP contribution in [0.25, 0.3) is 0 Å². The van der Waals surface area contributed by atoms with E-state index in [1.807, 2.05) is 13.0 Å². The van der Waals surface area contributed by atoms with Crippen LogP contribution < -0.4 is 5.48 Å². The molecule has 0 aliphatic carbocycles. The van der Waals surface area contributed by atoms with Crippen molar-refractivity contribution in [2.24, 2.45) is 5.92 Å². The molecular weight excluding hydrogens is 202 g/mol. The monoisotopic (exact) mass is 221 g/mol. The lowest BCUT2D eigenvalue weighted by Gasteiger charge is -2.29. The quantitative estimate of drug-likeness (QED) is 0.844. The van der Waals surface area contributed by atoms with E-state index in [1.165, 1.54) is 5.56 Å². The van der Waals surface area contributed by atoms with Gasteiger partial charge in [-0.05, 0) is 19.4 Å². The maximum absolute atomic E-state index is 5.51. The summed E-state index contributed by atoms with van der Waals surface area (Å²) in [5.74, 6) is 0.356. The van der Waals surface area contributed by atoms with Crippen molar-refractivity contribution in [1.29, 1.82) is 0 Å². The number of rotatable bonds is 4. The van der Waals surface area contributed by atoms with Crippen LogP contribution in [0.1, 0.15) is 19.4 Å². The van der Waals surface area contributed by atoms with Gasteiger partial charge < -0.3 is 9.57 Å². The zero-order chi connectivity index (χ0) is 11.4. The summed E-state index contributed by atoms with van der Waals surface area (Å²) < 4.78 is 5.51. The second kappa shape index (κ2) is 4.95. The van der Waals surface area contributed by atoms with Gasteiger partial charge in [-0.2, -0.15) is 5.48 Å². The minimum Gasteiger partial charge on any atom is -0.381 e. The van der Waals surface area contributed by atoms with Crippen LogP contribution in [0.4, 0.5) is 0 Å². The molecule has 1 N–H and O–H groups in total. The highest BCUT2D eigenvalue weighted by Gasteiger charge is 2.41. The molecule has 0 bridgehead atoms. The Morgan fingerprint density at radius 3 is 2.88 bits per heavy atom. The first-order valence-electron chi connectivity index (χ1n) is 5.79. The van der Waals surface area contributed by atoms with Crippen molar-refractivity contribution in [3.63, 3.8) is 0 Å². The molecular formula is C13H19NO2. The minimum atomic E-state index is -0.142. The molecule has 1 aromatic carbocycles. The molecule has 3 heteroatoms. The van der Waals surface area contributed by atoms with E-state index in [-0.39, 0.29) is 5.54 Å². The Morgan fingerprint density at radius 2 is 2.19 bits per heavy atom. The van der Waals surface area contributed by atoms with Crippen molar-refractivity contribution in [2.75, 3.05) is 19.8 Å². The number of hydroxylamine groups is 1. The van der Waals surface area contributed by atoms with Crippen LogP contribution in [-0.4, -0.2) is 19.8 Å². The van der Waals surface area contributed by atoms with Gasteiger partial charge in [0.1, 0.15) is 0 Å². The molecule has 3 nitrogen and oxygen atoms in total. The third-order valence-corrected chi connectivity index (χ3v) is 3.28. The molecule has 0 amide bonds. The topological polar surface area (TPSA) is 30.5 Å². The Balaban J connectivity index is 2.16. The summed E-state index contributed by atoms with van der Waals surface area (Å²) in [5.41, 5.74) is 4.23. The van der Waals surface area contributed by atoms with E-state index in [4.69, 9.17) is 9.57 Å². The van der Waals surface area contributed by atoms with Crippen molar-refractivity contribution in [3.05, 3.63) is 35.9 Å². The predicted molar refractivity (Wildman–Crippen MR) is 62.9 cm³/mol. The summed E-state index contributed by atoms with van der Waals surface area (Å²) in [6, 6.07) is 10.4. The van der Waals surface area contributed by atoms with Gasteiger partial charge in [-0.15, -0.1) is 0 Å². The van der Waals surface area contributed by atoms with Gasteiger partial charge in [0, 0.05) is 12.5 Å². The Labute approximate surface area is 96.7 Å². The summed E-state index contributed by atoms with van der Waals surface area (Å²) >= 11 is 0. The SMILES string of the molecule is CCOC[C@H]1CON[C@]1(C)c1ccccc1. The van der Waals surface area contributed by atoms with Gasteiger partial charge in [0.2, 0.25) is 0 Å². The van der Waals surface area contributed by atoms with Crippen LogP contribution in [0.15, 0.2) is 30.3 Å². The summed E-state index contributed by atoms with van der Waals surface area (Å²) in [5, 5.41) is 0. The van der Waals surface area contributed by atoms with Crippen molar-refractivity contribution in [1.82, 2.24) is 5.48 Å². The smallest absolute Gasteiger partial charge is 0.0754 e. The molecule has 1 aromatic rings. The number of hydrogen-bond acceptors (Lipinski definition) is 3. The van der Waals surface area contributed by atoms with Gasteiger partial charge in [-0.25, -0.2) is 0 Å². The van der Waals surface area contributed by atoms with E-state index < -0.39 is 0 Å². The van der Waals surface area contributed by atoms with Crippen molar-refractivity contribution >= 4 is 0 Å². The van der Waals surface area contributed by atoms with E-state index >= 15 is 0 Å². The molecule has 0 saturated carbocycles. The fraction of sp³-hybridized carbons (Fsp3) is 0.538. The zero-order valence-electron chi connectivity index (χ0n) is 9.90. The Morgan fingerprint density at radius 1 is 1.44 bits per heavy atom. The molecule has 1 saturated heterocycles. The summed E-state index contributed by atoms with van der Waals surface area (Å²) in [6.07, 6.45) is 0. The minimum absolute atomic E-state index is 0.142. The molecule has 0 unspecified atom stereocenters. The lowest BCUT2D eigenvalue weighted by atomic mass is 9.82. The lowest BCUT2D eigenvalue weighted by Crippen LogP contribution is -2.40. The highest BCUT2D eigenvalue weighted by molar-refractivity contribution is 5.25. The van der Waals surface area contributed by atoms with Gasteiger partial charge in [-0.3, -0.25) is 0 Å². The Bertz CT molecular complexity index is 328. The molecule has 1 aliphatic heterocycles. The maximum Gasteiger partial charge on any atom is 0.0754 e. The first-order valence-corrected chi connectivity index (χ1v) is 5.79. The van der Waals surface area contributed by atoms with Gasteiger partial charge in [-0.1, -0.05) is 30.3 Å². The second-order valence-corrected chi connectivity index (χ2v) is 4.34. The number of ether oxygens (including phenoxy) is 1. The first-order chi connectivity index (χ1) is 7.77. The summed E-state index contributed by atoms with van der Waals surface area (Å²) in [7, 11) is 0. The third kappa shape index (κ3) is 2.12. The van der Waals surface area contributed by atoms with E-state index in [1.54, 1.807) is 0 Å². The molecule has 88 valence electrons. The van der Waals surface area contributed by atoms with Crippen LogP contribution in [0.3, 0.4) is 0 Å². The molecule has 16 heavy (non-hydrogen) atoms. The third-order valence-electron chi connectivity index (χ3n) is 3.28. The van der Waals surface area contributed by atoms with Crippen LogP contribution in [-0.2, 0) is 15.1 Å².